The number of nitrogens with zero attached hydrogens (tertiary/aromatic N) is 1. The van der Waals surface area contributed by atoms with E-state index in [2.05, 4.69) is 50.1 Å². The Kier molecular flexibility index (Phi) is 15.3. The first-order chi connectivity index (χ1) is 13.2. The molecular formula is C26H47N. The molecule has 0 aliphatic rings. The summed E-state index contributed by atoms with van der Waals surface area (Å²) in [6, 6.07) is 8.84. The van der Waals surface area contributed by atoms with Gasteiger partial charge in [0.2, 0.25) is 0 Å². The first kappa shape index (κ1) is 24.1. The first-order valence-electron chi connectivity index (χ1n) is 12.0. The van der Waals surface area contributed by atoms with Crippen LogP contribution in [0.5, 0.6) is 0 Å². The summed E-state index contributed by atoms with van der Waals surface area (Å²) in [4.78, 5) is 2.40. The van der Waals surface area contributed by atoms with Gasteiger partial charge < -0.3 is 4.90 Å². The Morgan fingerprint density at radius 3 is 1.52 bits per heavy atom. The van der Waals surface area contributed by atoms with Crippen LogP contribution in [0.15, 0.2) is 24.3 Å². The average molecular weight is 374 g/mol. The molecule has 0 aromatic heterocycles. The molecular weight excluding hydrogens is 326 g/mol. The average Bonchev–Trinajstić information content (AvgIpc) is 2.67. The fraction of sp³-hybridized carbons (Fsp3) is 0.769. The normalized spacial score (nSPS) is 11.1. The third kappa shape index (κ3) is 13.8. The van der Waals surface area contributed by atoms with Gasteiger partial charge >= 0.3 is 0 Å². The molecule has 0 amide bonds. The number of hydrogen-bond donors (Lipinski definition) is 0. The van der Waals surface area contributed by atoms with Crippen LogP contribution in [0.2, 0.25) is 0 Å². The highest BCUT2D eigenvalue weighted by Gasteiger charge is 2.00. The second kappa shape index (κ2) is 17.1. The van der Waals surface area contributed by atoms with Gasteiger partial charge in [-0.1, -0.05) is 115 Å². The molecule has 0 saturated carbocycles. The highest BCUT2D eigenvalue weighted by atomic mass is 15.1. The zero-order valence-corrected chi connectivity index (χ0v) is 18.8. The SMILES string of the molecule is CCCCCCCCCCCCCCCCCCN(C)c1cccc(C)c1. The fourth-order valence-electron chi connectivity index (χ4n) is 3.89. The molecule has 27 heavy (non-hydrogen) atoms. The summed E-state index contributed by atoms with van der Waals surface area (Å²) in [5, 5.41) is 0. The Balaban J connectivity index is 1.80. The summed E-state index contributed by atoms with van der Waals surface area (Å²) in [5.41, 5.74) is 2.71. The van der Waals surface area contributed by atoms with Crippen LogP contribution in [0.3, 0.4) is 0 Å². The van der Waals surface area contributed by atoms with Crippen molar-refractivity contribution in [2.75, 3.05) is 18.5 Å². The first-order valence-corrected chi connectivity index (χ1v) is 12.0. The van der Waals surface area contributed by atoms with Gasteiger partial charge in [-0.15, -0.1) is 0 Å². The minimum absolute atomic E-state index is 1.18. The largest absolute Gasteiger partial charge is 0.375 e. The monoisotopic (exact) mass is 373 g/mol. The molecule has 1 heteroatoms. The van der Waals surface area contributed by atoms with Crippen molar-refractivity contribution in [2.24, 2.45) is 0 Å². The van der Waals surface area contributed by atoms with Crippen LogP contribution in [0, 0.1) is 6.92 Å². The van der Waals surface area contributed by atoms with Gasteiger partial charge in [0.05, 0.1) is 0 Å². The van der Waals surface area contributed by atoms with Crippen molar-refractivity contribution in [3.8, 4) is 0 Å². The van der Waals surface area contributed by atoms with Crippen molar-refractivity contribution in [1.29, 1.82) is 0 Å². The molecule has 0 heterocycles. The summed E-state index contributed by atoms with van der Waals surface area (Å²) in [6.45, 7) is 5.65. The van der Waals surface area contributed by atoms with Crippen LogP contribution in [0.25, 0.3) is 0 Å². The molecule has 1 rings (SSSR count). The van der Waals surface area contributed by atoms with E-state index in [0.29, 0.717) is 0 Å². The van der Waals surface area contributed by atoms with Crippen LogP contribution in [-0.2, 0) is 0 Å². The molecule has 0 aliphatic heterocycles. The van der Waals surface area contributed by atoms with Gasteiger partial charge in [-0.3, -0.25) is 0 Å². The number of rotatable bonds is 18. The summed E-state index contributed by atoms with van der Waals surface area (Å²) in [6.07, 6.45) is 23.0. The molecule has 0 bridgehead atoms. The van der Waals surface area contributed by atoms with Crippen molar-refractivity contribution in [1.82, 2.24) is 0 Å². The number of aryl methyl sites for hydroxylation is 1. The summed E-state index contributed by atoms with van der Waals surface area (Å²) >= 11 is 0. The van der Waals surface area contributed by atoms with Gasteiger partial charge in [-0.25, -0.2) is 0 Å². The number of benzene rings is 1. The van der Waals surface area contributed by atoms with Gasteiger partial charge in [-0.05, 0) is 31.0 Å². The van der Waals surface area contributed by atoms with Gasteiger partial charge in [-0.2, -0.15) is 0 Å². The summed E-state index contributed by atoms with van der Waals surface area (Å²) in [7, 11) is 2.22. The molecule has 0 fully saturated rings. The zero-order chi connectivity index (χ0) is 19.6. The quantitative estimate of drug-likeness (QED) is 0.233. The Hall–Kier alpha value is -0.980. The van der Waals surface area contributed by atoms with Gasteiger partial charge in [0.25, 0.3) is 0 Å². The van der Waals surface area contributed by atoms with Crippen molar-refractivity contribution < 1.29 is 0 Å². The Bertz CT molecular complexity index is 440. The lowest BCUT2D eigenvalue weighted by Gasteiger charge is -2.19. The number of anilines is 1. The van der Waals surface area contributed by atoms with Crippen molar-refractivity contribution >= 4 is 5.69 Å². The Labute approximate surface area is 170 Å². The molecule has 0 radical (unpaired) electrons. The van der Waals surface area contributed by atoms with Gasteiger partial charge in [0, 0.05) is 19.3 Å². The van der Waals surface area contributed by atoms with Crippen LogP contribution < -0.4 is 4.90 Å². The highest BCUT2D eigenvalue weighted by Crippen LogP contribution is 2.16. The highest BCUT2D eigenvalue weighted by molar-refractivity contribution is 5.47. The predicted molar refractivity (Wildman–Crippen MR) is 124 cm³/mol. The van der Waals surface area contributed by atoms with E-state index < -0.39 is 0 Å². The fourth-order valence-corrected chi connectivity index (χ4v) is 3.89. The Morgan fingerprint density at radius 1 is 0.630 bits per heavy atom. The smallest absolute Gasteiger partial charge is 0.0366 e. The lowest BCUT2D eigenvalue weighted by molar-refractivity contribution is 0.529. The number of unbranched alkanes of at least 4 members (excludes halogenated alkanes) is 15. The molecule has 0 saturated heterocycles. The van der Waals surface area contributed by atoms with E-state index >= 15 is 0 Å². The van der Waals surface area contributed by atoms with E-state index in [4.69, 9.17) is 0 Å². The molecule has 0 spiro atoms. The van der Waals surface area contributed by atoms with Gasteiger partial charge in [0.15, 0.2) is 0 Å². The molecule has 0 aliphatic carbocycles. The Morgan fingerprint density at radius 2 is 1.07 bits per heavy atom. The minimum atomic E-state index is 1.18. The second-order valence-corrected chi connectivity index (χ2v) is 8.56. The zero-order valence-electron chi connectivity index (χ0n) is 18.8. The maximum Gasteiger partial charge on any atom is 0.0366 e. The number of hydrogen-bond acceptors (Lipinski definition) is 1. The van der Waals surface area contributed by atoms with Crippen molar-refractivity contribution in [2.45, 2.75) is 117 Å². The predicted octanol–water partition coefficient (Wildman–Crippen LogP) is 8.69. The van der Waals surface area contributed by atoms with Crippen LogP contribution in [0.1, 0.15) is 115 Å². The maximum atomic E-state index is 2.40. The summed E-state index contributed by atoms with van der Waals surface area (Å²) in [5.74, 6) is 0. The molecule has 0 unspecified atom stereocenters. The molecule has 1 aromatic rings. The van der Waals surface area contributed by atoms with Gasteiger partial charge in [0.1, 0.15) is 0 Å². The third-order valence-corrected chi connectivity index (χ3v) is 5.79. The van der Waals surface area contributed by atoms with E-state index in [0.717, 1.165) is 0 Å². The third-order valence-electron chi connectivity index (χ3n) is 5.79. The van der Waals surface area contributed by atoms with Crippen LogP contribution in [0.4, 0.5) is 5.69 Å². The van der Waals surface area contributed by atoms with E-state index in [1.807, 2.05) is 0 Å². The molecule has 1 nitrogen and oxygen atoms in total. The van der Waals surface area contributed by atoms with E-state index in [1.165, 1.54) is 121 Å². The van der Waals surface area contributed by atoms with Crippen LogP contribution >= 0.6 is 0 Å². The standard InChI is InChI=1S/C26H47N/c1-4-5-6-7-8-9-10-11-12-13-14-15-16-17-18-19-23-27(3)26-22-20-21-25(2)24-26/h20-22,24H,4-19,23H2,1-3H3. The van der Waals surface area contributed by atoms with Crippen molar-refractivity contribution in [3.05, 3.63) is 29.8 Å². The molecule has 1 aromatic carbocycles. The van der Waals surface area contributed by atoms with E-state index in [-0.39, 0.29) is 0 Å². The lowest BCUT2D eigenvalue weighted by atomic mass is 10.0. The minimum Gasteiger partial charge on any atom is -0.375 e. The van der Waals surface area contributed by atoms with Crippen LogP contribution in [-0.4, -0.2) is 13.6 Å². The lowest BCUT2D eigenvalue weighted by Crippen LogP contribution is -2.18. The van der Waals surface area contributed by atoms with E-state index in [9.17, 15) is 0 Å². The molecule has 156 valence electrons. The molecule has 0 N–H and O–H groups in total. The van der Waals surface area contributed by atoms with Crippen molar-refractivity contribution in [3.63, 3.8) is 0 Å². The summed E-state index contributed by atoms with van der Waals surface area (Å²) < 4.78 is 0. The topological polar surface area (TPSA) is 3.24 Å². The molecule has 0 atom stereocenters. The maximum absolute atomic E-state index is 2.40. The van der Waals surface area contributed by atoms with E-state index in [1.54, 1.807) is 0 Å². The second-order valence-electron chi connectivity index (χ2n) is 8.56.